The van der Waals surface area contributed by atoms with Gasteiger partial charge in [-0.1, -0.05) is 23.4 Å². The quantitative estimate of drug-likeness (QED) is 0.922. The Labute approximate surface area is 111 Å². The predicted octanol–water partition coefficient (Wildman–Crippen LogP) is 2.60. The molecule has 1 aromatic carbocycles. The summed E-state index contributed by atoms with van der Waals surface area (Å²) in [7, 11) is 1.82. The van der Waals surface area contributed by atoms with Crippen molar-refractivity contribution in [2.24, 2.45) is 0 Å². The Morgan fingerprint density at radius 1 is 1.37 bits per heavy atom. The third-order valence-corrected chi connectivity index (χ3v) is 3.09. The van der Waals surface area contributed by atoms with Crippen LogP contribution in [0.2, 0.25) is 0 Å². The fourth-order valence-corrected chi connectivity index (χ4v) is 2.22. The molecule has 0 saturated carbocycles. The molecule has 1 unspecified atom stereocenters. The fourth-order valence-electron chi connectivity index (χ4n) is 2.22. The third kappa shape index (κ3) is 2.76. The summed E-state index contributed by atoms with van der Waals surface area (Å²) in [5.41, 5.74) is 1.87. The van der Waals surface area contributed by atoms with E-state index in [1.165, 1.54) is 6.07 Å². The lowest BCUT2D eigenvalue weighted by atomic mass is 10.1. The third-order valence-electron chi connectivity index (χ3n) is 3.09. The fraction of sp³-hybridized carbons (Fsp3) is 0.357. The van der Waals surface area contributed by atoms with Crippen LogP contribution in [0.25, 0.3) is 0 Å². The zero-order valence-corrected chi connectivity index (χ0v) is 11.2. The van der Waals surface area contributed by atoms with Gasteiger partial charge in [-0.15, -0.1) is 0 Å². The maximum Gasteiger partial charge on any atom is 0.157 e. The molecule has 2 aromatic rings. The molecule has 0 aliphatic heterocycles. The van der Waals surface area contributed by atoms with E-state index in [0.717, 1.165) is 11.4 Å². The molecule has 0 saturated heterocycles. The second kappa shape index (κ2) is 5.40. The first-order valence-electron chi connectivity index (χ1n) is 6.07. The van der Waals surface area contributed by atoms with Crippen LogP contribution >= 0.6 is 0 Å². The molecule has 0 fully saturated rings. The van der Waals surface area contributed by atoms with Crippen LogP contribution in [-0.4, -0.2) is 23.9 Å². The topological polar surface area (TPSA) is 49.5 Å². The number of halogens is 1. The Balaban J connectivity index is 2.16. The summed E-state index contributed by atoms with van der Waals surface area (Å²) >= 11 is 0. The van der Waals surface area contributed by atoms with Gasteiger partial charge in [-0.25, -0.2) is 4.39 Å². The number of benzene rings is 1. The number of rotatable bonds is 4. The van der Waals surface area contributed by atoms with Crippen molar-refractivity contribution >= 4 is 5.69 Å². The lowest BCUT2D eigenvalue weighted by molar-refractivity contribution is 0.180. The minimum atomic E-state index is -0.903. The molecule has 0 amide bonds. The summed E-state index contributed by atoms with van der Waals surface area (Å²) in [6, 6.07) is 6.23. The molecule has 2 rings (SSSR count). The van der Waals surface area contributed by atoms with Gasteiger partial charge in [0, 0.05) is 19.2 Å². The normalized spacial score (nSPS) is 12.5. The van der Waals surface area contributed by atoms with Gasteiger partial charge in [0.1, 0.15) is 17.2 Å². The summed E-state index contributed by atoms with van der Waals surface area (Å²) in [6.45, 7) is 3.91. The molecule has 1 heterocycles. The van der Waals surface area contributed by atoms with Crippen LogP contribution in [0.15, 0.2) is 28.8 Å². The molecule has 1 atom stereocenters. The molecule has 1 aromatic heterocycles. The molecule has 0 spiro atoms. The number of aliphatic hydroxyl groups is 1. The van der Waals surface area contributed by atoms with Gasteiger partial charge in [0.25, 0.3) is 0 Å². The Hall–Kier alpha value is -1.88. The highest BCUT2D eigenvalue weighted by molar-refractivity contribution is 5.52. The van der Waals surface area contributed by atoms with Crippen LogP contribution in [0.3, 0.4) is 0 Å². The summed E-state index contributed by atoms with van der Waals surface area (Å²) in [6.07, 6.45) is -0.903. The van der Waals surface area contributed by atoms with E-state index in [-0.39, 0.29) is 6.54 Å². The number of aliphatic hydroxyl groups excluding tert-OH is 1. The van der Waals surface area contributed by atoms with E-state index < -0.39 is 11.9 Å². The van der Waals surface area contributed by atoms with E-state index in [1.54, 1.807) is 25.1 Å². The van der Waals surface area contributed by atoms with Crippen molar-refractivity contribution in [1.29, 1.82) is 0 Å². The van der Waals surface area contributed by atoms with Gasteiger partial charge in [0.05, 0.1) is 6.10 Å². The average Bonchev–Trinajstić information content (AvgIpc) is 2.69. The van der Waals surface area contributed by atoms with E-state index in [2.05, 4.69) is 5.16 Å². The first kappa shape index (κ1) is 13.5. The van der Waals surface area contributed by atoms with E-state index in [4.69, 9.17) is 4.52 Å². The van der Waals surface area contributed by atoms with Crippen LogP contribution in [0.5, 0.6) is 0 Å². The van der Waals surface area contributed by atoms with Crippen LogP contribution in [0.4, 0.5) is 10.1 Å². The van der Waals surface area contributed by atoms with Gasteiger partial charge in [-0.05, 0) is 19.9 Å². The predicted molar refractivity (Wildman–Crippen MR) is 70.6 cm³/mol. The van der Waals surface area contributed by atoms with Crippen molar-refractivity contribution in [3.05, 3.63) is 47.1 Å². The van der Waals surface area contributed by atoms with Crippen molar-refractivity contribution in [1.82, 2.24) is 5.16 Å². The van der Waals surface area contributed by atoms with Gasteiger partial charge < -0.3 is 14.5 Å². The zero-order valence-electron chi connectivity index (χ0n) is 11.2. The SMILES string of the molecule is Cc1noc(C)c1N(C)CC(O)c1ccccc1F. The molecule has 1 N–H and O–H groups in total. The lowest BCUT2D eigenvalue weighted by Crippen LogP contribution is -2.25. The second-order valence-corrected chi connectivity index (χ2v) is 4.59. The molecule has 0 aliphatic carbocycles. The van der Waals surface area contributed by atoms with Crippen molar-refractivity contribution in [3.63, 3.8) is 0 Å². The standard InChI is InChI=1S/C14H17FN2O2/c1-9-14(10(2)19-16-9)17(3)8-13(18)11-6-4-5-7-12(11)15/h4-7,13,18H,8H2,1-3H3. The van der Waals surface area contributed by atoms with Crippen molar-refractivity contribution in [2.75, 3.05) is 18.5 Å². The van der Waals surface area contributed by atoms with E-state index in [9.17, 15) is 9.50 Å². The highest BCUT2D eigenvalue weighted by Gasteiger charge is 2.19. The minimum Gasteiger partial charge on any atom is -0.386 e. The Morgan fingerprint density at radius 3 is 2.63 bits per heavy atom. The number of aromatic nitrogens is 1. The first-order chi connectivity index (χ1) is 9.00. The van der Waals surface area contributed by atoms with Crippen LogP contribution < -0.4 is 4.90 Å². The smallest absolute Gasteiger partial charge is 0.157 e. The molecule has 102 valence electrons. The van der Waals surface area contributed by atoms with Gasteiger partial charge in [0.15, 0.2) is 5.76 Å². The second-order valence-electron chi connectivity index (χ2n) is 4.59. The van der Waals surface area contributed by atoms with E-state index in [0.29, 0.717) is 11.3 Å². The van der Waals surface area contributed by atoms with Crippen LogP contribution in [0, 0.1) is 19.7 Å². The number of aryl methyl sites for hydroxylation is 2. The maximum atomic E-state index is 13.6. The summed E-state index contributed by atoms with van der Waals surface area (Å²) < 4.78 is 18.7. The largest absolute Gasteiger partial charge is 0.386 e. The van der Waals surface area contributed by atoms with Crippen molar-refractivity contribution in [3.8, 4) is 0 Å². The molecule has 0 radical (unpaired) electrons. The van der Waals surface area contributed by atoms with E-state index >= 15 is 0 Å². The highest BCUT2D eigenvalue weighted by atomic mass is 19.1. The molecule has 0 bridgehead atoms. The molecule has 0 aliphatic rings. The molecule has 5 heteroatoms. The minimum absolute atomic E-state index is 0.268. The molecular formula is C14H17FN2O2. The zero-order chi connectivity index (χ0) is 14.0. The highest BCUT2D eigenvalue weighted by Crippen LogP contribution is 2.25. The Morgan fingerprint density at radius 2 is 2.05 bits per heavy atom. The van der Waals surface area contributed by atoms with Crippen molar-refractivity contribution < 1.29 is 14.0 Å². The monoisotopic (exact) mass is 264 g/mol. The number of likely N-dealkylation sites (N-methyl/N-ethyl adjacent to an activating group) is 1. The van der Waals surface area contributed by atoms with Crippen molar-refractivity contribution in [2.45, 2.75) is 20.0 Å². The average molecular weight is 264 g/mol. The lowest BCUT2D eigenvalue weighted by Gasteiger charge is -2.22. The molecule has 19 heavy (non-hydrogen) atoms. The number of hydrogen-bond acceptors (Lipinski definition) is 4. The molecular weight excluding hydrogens is 247 g/mol. The first-order valence-corrected chi connectivity index (χ1v) is 6.07. The Bertz CT molecular complexity index is 549. The molecule has 4 nitrogen and oxygen atoms in total. The number of nitrogens with zero attached hydrogens (tertiary/aromatic N) is 2. The number of anilines is 1. The van der Waals surface area contributed by atoms with E-state index in [1.807, 2.05) is 18.9 Å². The Kier molecular flexibility index (Phi) is 3.85. The number of hydrogen-bond donors (Lipinski definition) is 1. The van der Waals surface area contributed by atoms with Crippen LogP contribution in [0.1, 0.15) is 23.1 Å². The van der Waals surface area contributed by atoms with Gasteiger partial charge >= 0.3 is 0 Å². The van der Waals surface area contributed by atoms with Gasteiger partial charge in [0.2, 0.25) is 0 Å². The summed E-state index contributed by atoms with van der Waals surface area (Å²) in [5.74, 6) is 0.280. The van der Waals surface area contributed by atoms with Crippen LogP contribution in [-0.2, 0) is 0 Å². The summed E-state index contributed by atoms with van der Waals surface area (Å²) in [4.78, 5) is 1.82. The van der Waals surface area contributed by atoms with Gasteiger partial charge in [-0.2, -0.15) is 0 Å². The van der Waals surface area contributed by atoms with Gasteiger partial charge in [-0.3, -0.25) is 0 Å². The summed E-state index contributed by atoms with van der Waals surface area (Å²) in [5, 5.41) is 14.0. The maximum absolute atomic E-state index is 13.6.